The maximum atomic E-state index is 12.5. The minimum Gasteiger partial charge on any atom is -0.397 e. The molecule has 6 nitrogen and oxygen atoms in total. The molecule has 20 heavy (non-hydrogen) atoms. The number of hydrogen-bond acceptors (Lipinski definition) is 4. The Morgan fingerprint density at radius 2 is 1.90 bits per heavy atom. The van der Waals surface area contributed by atoms with Crippen molar-refractivity contribution in [1.29, 1.82) is 10.5 Å². The van der Waals surface area contributed by atoms with E-state index in [9.17, 15) is 4.79 Å². The molecule has 0 bridgehead atoms. The topological polar surface area (TPSA) is 98.8 Å². The third-order valence-corrected chi connectivity index (χ3v) is 2.92. The number of carbonyl (C=O) groups is 1. The maximum Gasteiger partial charge on any atom is 0.270 e. The van der Waals surface area contributed by atoms with Gasteiger partial charge in [0.15, 0.2) is 0 Å². The minimum absolute atomic E-state index is 0.111. The normalized spacial score (nSPS) is 10.1. The van der Waals surface area contributed by atoms with E-state index in [0.29, 0.717) is 24.5 Å². The van der Waals surface area contributed by atoms with Gasteiger partial charge in [0.25, 0.3) is 5.91 Å². The Labute approximate surface area is 119 Å². The SMILES string of the molecule is CC(C)n1cc(N)cc1C(=O)N(CCC#N)CCC#N. The molecule has 0 aromatic carbocycles. The van der Waals surface area contributed by atoms with Crippen LogP contribution in [0.2, 0.25) is 0 Å². The molecule has 0 atom stereocenters. The Bertz CT molecular complexity index is 529. The number of rotatable bonds is 6. The van der Waals surface area contributed by atoms with Gasteiger partial charge in [-0.15, -0.1) is 0 Å². The van der Waals surface area contributed by atoms with Gasteiger partial charge in [-0.2, -0.15) is 10.5 Å². The van der Waals surface area contributed by atoms with Gasteiger partial charge in [0.05, 0.1) is 30.7 Å². The lowest BCUT2D eigenvalue weighted by Gasteiger charge is -2.22. The molecule has 0 saturated heterocycles. The second kappa shape index (κ2) is 7.20. The first kappa shape index (κ1) is 15.6. The van der Waals surface area contributed by atoms with Gasteiger partial charge in [0.2, 0.25) is 0 Å². The fourth-order valence-corrected chi connectivity index (χ4v) is 1.95. The highest BCUT2D eigenvalue weighted by Crippen LogP contribution is 2.18. The van der Waals surface area contributed by atoms with Crippen LogP contribution >= 0.6 is 0 Å². The molecule has 0 spiro atoms. The summed E-state index contributed by atoms with van der Waals surface area (Å²) in [6.45, 7) is 4.57. The van der Waals surface area contributed by atoms with Gasteiger partial charge in [0, 0.05) is 25.3 Å². The van der Waals surface area contributed by atoms with Crippen LogP contribution in [0.25, 0.3) is 0 Å². The van der Waals surface area contributed by atoms with Gasteiger partial charge < -0.3 is 15.2 Å². The number of carbonyl (C=O) groups excluding carboxylic acids is 1. The van der Waals surface area contributed by atoms with Crippen molar-refractivity contribution in [3.8, 4) is 12.1 Å². The molecule has 1 aromatic rings. The summed E-state index contributed by atoms with van der Waals surface area (Å²) in [5, 5.41) is 17.3. The molecule has 1 heterocycles. The first-order valence-electron chi connectivity index (χ1n) is 6.51. The number of nitrogens with zero attached hydrogens (tertiary/aromatic N) is 4. The fourth-order valence-electron chi connectivity index (χ4n) is 1.95. The molecule has 0 saturated carbocycles. The number of nitrogen functional groups attached to an aromatic ring is 1. The van der Waals surface area contributed by atoms with Crippen molar-refractivity contribution in [2.24, 2.45) is 0 Å². The summed E-state index contributed by atoms with van der Waals surface area (Å²) in [6, 6.07) is 5.77. The van der Waals surface area contributed by atoms with E-state index >= 15 is 0 Å². The van der Waals surface area contributed by atoms with E-state index in [1.54, 1.807) is 12.3 Å². The highest BCUT2D eigenvalue weighted by Gasteiger charge is 2.20. The van der Waals surface area contributed by atoms with Crippen LogP contribution in [0.4, 0.5) is 5.69 Å². The molecule has 1 rings (SSSR count). The van der Waals surface area contributed by atoms with Crippen molar-refractivity contribution in [1.82, 2.24) is 9.47 Å². The van der Waals surface area contributed by atoms with Gasteiger partial charge >= 0.3 is 0 Å². The minimum atomic E-state index is -0.194. The van der Waals surface area contributed by atoms with Gasteiger partial charge in [0.1, 0.15) is 5.69 Å². The number of hydrogen-bond donors (Lipinski definition) is 1. The van der Waals surface area contributed by atoms with E-state index < -0.39 is 0 Å². The Kier molecular flexibility index (Phi) is 5.61. The smallest absolute Gasteiger partial charge is 0.270 e. The molecular weight excluding hydrogens is 254 g/mol. The molecule has 0 aliphatic carbocycles. The summed E-state index contributed by atoms with van der Waals surface area (Å²) < 4.78 is 1.81. The third-order valence-electron chi connectivity index (χ3n) is 2.92. The van der Waals surface area contributed by atoms with E-state index in [1.165, 1.54) is 4.90 Å². The van der Waals surface area contributed by atoms with Crippen LogP contribution in [0, 0.1) is 22.7 Å². The fraction of sp³-hybridized carbons (Fsp3) is 0.500. The second-order valence-corrected chi connectivity index (χ2v) is 4.77. The zero-order chi connectivity index (χ0) is 15.1. The predicted molar refractivity (Wildman–Crippen MR) is 75.6 cm³/mol. The third kappa shape index (κ3) is 3.76. The van der Waals surface area contributed by atoms with Crippen LogP contribution < -0.4 is 5.73 Å². The lowest BCUT2D eigenvalue weighted by Crippen LogP contribution is -2.34. The van der Waals surface area contributed by atoms with Crippen molar-refractivity contribution in [2.45, 2.75) is 32.7 Å². The Balaban J connectivity index is 2.99. The number of nitriles is 2. The molecule has 1 aromatic heterocycles. The molecule has 0 radical (unpaired) electrons. The lowest BCUT2D eigenvalue weighted by atomic mass is 10.2. The average molecular weight is 273 g/mol. The summed E-state index contributed by atoms with van der Waals surface area (Å²) in [4.78, 5) is 14.1. The molecule has 0 fully saturated rings. The quantitative estimate of drug-likeness (QED) is 0.855. The summed E-state index contributed by atoms with van der Waals surface area (Å²) in [7, 11) is 0. The molecule has 0 aliphatic heterocycles. The Hall–Kier alpha value is -2.47. The van der Waals surface area contributed by atoms with Crippen LogP contribution in [0.3, 0.4) is 0 Å². The standard InChI is InChI=1S/C14H19N5O/c1-11(2)19-10-12(17)9-13(19)14(20)18(7-3-5-15)8-4-6-16/h9-11H,3-4,7-8,17H2,1-2H3. The second-order valence-electron chi connectivity index (χ2n) is 4.77. The summed E-state index contributed by atoms with van der Waals surface area (Å²) in [6.07, 6.45) is 2.22. The summed E-state index contributed by atoms with van der Waals surface area (Å²) in [5.41, 5.74) is 6.78. The first-order chi connectivity index (χ1) is 9.51. The van der Waals surface area contributed by atoms with Gasteiger partial charge in [-0.1, -0.05) is 0 Å². The van der Waals surface area contributed by atoms with E-state index in [4.69, 9.17) is 16.3 Å². The molecular formula is C14H19N5O. The zero-order valence-electron chi connectivity index (χ0n) is 11.8. The van der Waals surface area contributed by atoms with E-state index in [-0.39, 0.29) is 24.8 Å². The predicted octanol–water partition coefficient (Wildman–Crippen LogP) is 1.92. The highest BCUT2D eigenvalue weighted by atomic mass is 16.2. The molecule has 2 N–H and O–H groups in total. The zero-order valence-corrected chi connectivity index (χ0v) is 11.8. The largest absolute Gasteiger partial charge is 0.397 e. The molecule has 106 valence electrons. The number of nitrogens with two attached hydrogens (primary N) is 1. The van der Waals surface area contributed by atoms with Crippen molar-refractivity contribution in [3.63, 3.8) is 0 Å². The van der Waals surface area contributed by atoms with Crippen molar-refractivity contribution in [3.05, 3.63) is 18.0 Å². The highest BCUT2D eigenvalue weighted by molar-refractivity contribution is 5.94. The van der Waals surface area contributed by atoms with Crippen molar-refractivity contribution >= 4 is 11.6 Å². The van der Waals surface area contributed by atoms with E-state index in [1.807, 2.05) is 30.6 Å². The number of aromatic nitrogens is 1. The van der Waals surface area contributed by atoms with Gasteiger partial charge in [-0.05, 0) is 19.9 Å². The van der Waals surface area contributed by atoms with Gasteiger partial charge in [-0.3, -0.25) is 4.79 Å². The van der Waals surface area contributed by atoms with Crippen LogP contribution in [0.5, 0.6) is 0 Å². The van der Waals surface area contributed by atoms with Crippen LogP contribution in [0.1, 0.15) is 43.2 Å². The number of anilines is 1. The average Bonchev–Trinajstić information content (AvgIpc) is 2.80. The van der Waals surface area contributed by atoms with Gasteiger partial charge in [-0.25, -0.2) is 0 Å². The van der Waals surface area contributed by atoms with Crippen LogP contribution in [-0.2, 0) is 0 Å². The monoisotopic (exact) mass is 273 g/mol. The van der Waals surface area contributed by atoms with Crippen LogP contribution in [-0.4, -0.2) is 28.5 Å². The summed E-state index contributed by atoms with van der Waals surface area (Å²) >= 11 is 0. The molecule has 0 aliphatic rings. The maximum absolute atomic E-state index is 12.5. The Morgan fingerprint density at radius 3 is 2.35 bits per heavy atom. The molecule has 6 heteroatoms. The molecule has 1 amide bonds. The van der Waals surface area contributed by atoms with E-state index in [2.05, 4.69) is 0 Å². The van der Waals surface area contributed by atoms with E-state index in [0.717, 1.165) is 0 Å². The molecule has 0 unspecified atom stereocenters. The number of amides is 1. The van der Waals surface area contributed by atoms with Crippen molar-refractivity contribution in [2.75, 3.05) is 18.8 Å². The first-order valence-corrected chi connectivity index (χ1v) is 6.51. The summed E-state index contributed by atoms with van der Waals surface area (Å²) in [5.74, 6) is -0.194. The van der Waals surface area contributed by atoms with Crippen molar-refractivity contribution < 1.29 is 4.79 Å². The lowest BCUT2D eigenvalue weighted by molar-refractivity contribution is 0.0750. The Morgan fingerprint density at radius 1 is 1.35 bits per heavy atom. The van der Waals surface area contributed by atoms with Crippen LogP contribution in [0.15, 0.2) is 12.3 Å².